The van der Waals surface area contributed by atoms with Crippen molar-refractivity contribution in [1.29, 1.82) is 0 Å². The molecule has 1 rings (SSSR count). The summed E-state index contributed by atoms with van der Waals surface area (Å²) in [5.41, 5.74) is -0.985. The van der Waals surface area contributed by atoms with Crippen LogP contribution in [0, 0.1) is 17.3 Å². The van der Waals surface area contributed by atoms with Crippen molar-refractivity contribution in [2.24, 2.45) is 17.3 Å². The summed E-state index contributed by atoms with van der Waals surface area (Å²) in [7, 11) is 0. The van der Waals surface area contributed by atoms with Gasteiger partial charge in [-0.2, -0.15) is 0 Å². The summed E-state index contributed by atoms with van der Waals surface area (Å²) in [5.74, 6) is 1.03. The van der Waals surface area contributed by atoms with Crippen LogP contribution in [0.2, 0.25) is 0 Å². The third-order valence-corrected chi connectivity index (χ3v) is 10.8. The largest absolute Gasteiger partial charge is 0.465 e. The van der Waals surface area contributed by atoms with Gasteiger partial charge in [0.2, 0.25) is 0 Å². The van der Waals surface area contributed by atoms with Crippen LogP contribution in [-0.2, 0) is 19.1 Å². The molecule has 0 saturated heterocycles. The molecule has 0 aromatic heterocycles. The molecule has 1 aliphatic carbocycles. The number of rotatable bonds is 38. The minimum atomic E-state index is -0.985. The molecule has 0 spiro atoms. The minimum Gasteiger partial charge on any atom is -0.465 e. The second kappa shape index (κ2) is 32.8. The van der Waals surface area contributed by atoms with E-state index in [0.717, 1.165) is 37.5 Å². The van der Waals surface area contributed by atoms with Gasteiger partial charge < -0.3 is 9.47 Å². The van der Waals surface area contributed by atoms with Gasteiger partial charge >= 0.3 is 11.9 Å². The number of ether oxygens (including phenoxy) is 2. The summed E-state index contributed by atoms with van der Waals surface area (Å²) in [4.78, 5) is 25.3. The lowest BCUT2D eigenvalue weighted by molar-refractivity contribution is -0.164. The number of esters is 2. The van der Waals surface area contributed by atoms with E-state index in [0.29, 0.717) is 26.1 Å². The Morgan fingerprint density at radius 1 is 0.367 bits per heavy atom. The summed E-state index contributed by atoms with van der Waals surface area (Å²) in [5, 5.41) is 0. The Balaban J connectivity index is 1.83. The minimum absolute atomic E-state index is 0.347. The Hall–Kier alpha value is -1.06. The van der Waals surface area contributed by atoms with E-state index in [4.69, 9.17) is 9.47 Å². The first-order valence-electron chi connectivity index (χ1n) is 22.2. The van der Waals surface area contributed by atoms with Crippen LogP contribution in [0.4, 0.5) is 0 Å². The average Bonchev–Trinajstić information content (AvgIpc) is 3.89. The molecule has 0 unspecified atom stereocenters. The quantitative estimate of drug-likeness (QED) is 0.0368. The van der Waals surface area contributed by atoms with Gasteiger partial charge in [0.1, 0.15) is 0 Å². The molecule has 0 heterocycles. The van der Waals surface area contributed by atoms with Gasteiger partial charge in [-0.3, -0.25) is 9.59 Å². The highest BCUT2D eigenvalue weighted by atomic mass is 16.6. The Morgan fingerprint density at radius 2 is 0.571 bits per heavy atom. The van der Waals surface area contributed by atoms with Crippen LogP contribution >= 0.6 is 0 Å². The van der Waals surface area contributed by atoms with Crippen LogP contribution in [0.1, 0.15) is 246 Å². The van der Waals surface area contributed by atoms with Gasteiger partial charge in [-0.1, -0.05) is 220 Å². The molecule has 290 valence electrons. The van der Waals surface area contributed by atoms with Crippen LogP contribution < -0.4 is 0 Å². The zero-order chi connectivity index (χ0) is 35.7. The van der Waals surface area contributed by atoms with Crippen molar-refractivity contribution in [1.82, 2.24) is 0 Å². The number of carbonyl (C=O) groups excluding carboxylic acids is 2. The predicted molar refractivity (Wildman–Crippen MR) is 211 cm³/mol. The fourth-order valence-electron chi connectivity index (χ4n) is 7.13. The van der Waals surface area contributed by atoms with E-state index in [1.54, 1.807) is 0 Å². The van der Waals surface area contributed by atoms with E-state index >= 15 is 0 Å². The zero-order valence-electron chi connectivity index (χ0n) is 33.7. The maximum absolute atomic E-state index is 12.6. The summed E-state index contributed by atoms with van der Waals surface area (Å²) >= 11 is 0. The fraction of sp³-hybridized carbons (Fsp3) is 0.956. The van der Waals surface area contributed by atoms with E-state index in [-0.39, 0.29) is 11.9 Å². The smallest absolute Gasteiger partial charge is 0.323 e. The molecule has 0 aromatic rings. The molecule has 0 aromatic carbocycles. The SMILES string of the molecule is CC(C)CCCCCCCCCCCCCCCCCOC(=O)C1(C(=O)OCCCCCCCCCCCCCCCCCC(C)C)CC1. The van der Waals surface area contributed by atoms with Crippen LogP contribution in [0.25, 0.3) is 0 Å². The first-order valence-corrected chi connectivity index (χ1v) is 22.2. The Bertz CT molecular complexity index is 682. The van der Waals surface area contributed by atoms with Crippen LogP contribution in [0.5, 0.6) is 0 Å². The van der Waals surface area contributed by atoms with E-state index < -0.39 is 5.41 Å². The van der Waals surface area contributed by atoms with Crippen LogP contribution in [0.3, 0.4) is 0 Å². The Kier molecular flexibility index (Phi) is 30.8. The molecule has 0 radical (unpaired) electrons. The maximum Gasteiger partial charge on any atom is 0.323 e. The maximum atomic E-state index is 12.6. The topological polar surface area (TPSA) is 52.6 Å². The molecule has 1 aliphatic rings. The van der Waals surface area contributed by atoms with Crippen molar-refractivity contribution in [3.05, 3.63) is 0 Å². The molecule has 0 atom stereocenters. The van der Waals surface area contributed by atoms with Crippen molar-refractivity contribution in [2.75, 3.05) is 13.2 Å². The normalized spacial score (nSPS) is 13.8. The lowest BCUT2D eigenvalue weighted by atomic mass is 10.0. The third-order valence-electron chi connectivity index (χ3n) is 10.8. The lowest BCUT2D eigenvalue weighted by Crippen LogP contribution is -2.30. The van der Waals surface area contributed by atoms with Crippen molar-refractivity contribution in [2.45, 2.75) is 246 Å². The second-order valence-electron chi connectivity index (χ2n) is 16.8. The number of carbonyl (C=O) groups is 2. The van der Waals surface area contributed by atoms with Crippen LogP contribution in [0.15, 0.2) is 0 Å². The highest BCUT2D eigenvalue weighted by molar-refractivity contribution is 6.03. The summed E-state index contributed by atoms with van der Waals surface area (Å²) in [6.07, 6.45) is 43.7. The van der Waals surface area contributed by atoms with Crippen molar-refractivity contribution in [3.8, 4) is 0 Å². The van der Waals surface area contributed by atoms with Gasteiger partial charge in [0, 0.05) is 0 Å². The van der Waals surface area contributed by atoms with Crippen molar-refractivity contribution in [3.63, 3.8) is 0 Å². The van der Waals surface area contributed by atoms with Crippen LogP contribution in [-0.4, -0.2) is 25.2 Å². The standard InChI is InChI=1S/C45H86O4/c1-41(2)35-31-27-23-19-15-11-7-5-9-13-17-21-25-29-33-39-48-43(46)45(37-38-45)44(47)49-40-34-30-26-22-18-14-10-6-8-12-16-20-24-28-32-36-42(3)4/h41-42H,5-40H2,1-4H3. The molecule has 4 nitrogen and oxygen atoms in total. The first kappa shape index (κ1) is 46.0. The van der Waals surface area contributed by atoms with E-state index in [2.05, 4.69) is 27.7 Å². The monoisotopic (exact) mass is 691 g/mol. The molecule has 4 heteroatoms. The Morgan fingerprint density at radius 3 is 0.776 bits per heavy atom. The molecule has 1 saturated carbocycles. The molecule has 0 bridgehead atoms. The zero-order valence-corrected chi connectivity index (χ0v) is 33.7. The first-order chi connectivity index (χ1) is 23.9. The summed E-state index contributed by atoms with van der Waals surface area (Å²) in [6.45, 7) is 10.2. The van der Waals surface area contributed by atoms with Crippen molar-refractivity contribution < 1.29 is 19.1 Å². The average molecular weight is 691 g/mol. The van der Waals surface area contributed by atoms with Gasteiger partial charge in [0.05, 0.1) is 13.2 Å². The second-order valence-corrected chi connectivity index (χ2v) is 16.8. The van der Waals surface area contributed by atoms with Gasteiger partial charge in [0.25, 0.3) is 0 Å². The lowest BCUT2D eigenvalue weighted by Gasteiger charge is -2.14. The molecule has 1 fully saturated rings. The van der Waals surface area contributed by atoms with Gasteiger partial charge in [0.15, 0.2) is 5.41 Å². The Labute approximate surface area is 306 Å². The molecular formula is C45H86O4. The third kappa shape index (κ3) is 28.2. The van der Waals surface area contributed by atoms with E-state index in [1.165, 1.54) is 180 Å². The molecular weight excluding hydrogens is 604 g/mol. The molecule has 0 aliphatic heterocycles. The fourth-order valence-corrected chi connectivity index (χ4v) is 7.13. The van der Waals surface area contributed by atoms with E-state index in [1.807, 2.05) is 0 Å². The molecule has 0 N–H and O–H groups in total. The molecule has 49 heavy (non-hydrogen) atoms. The molecule has 0 amide bonds. The summed E-state index contributed by atoms with van der Waals surface area (Å²) in [6, 6.07) is 0. The van der Waals surface area contributed by atoms with Gasteiger partial charge in [-0.15, -0.1) is 0 Å². The number of hydrogen-bond donors (Lipinski definition) is 0. The summed E-state index contributed by atoms with van der Waals surface area (Å²) < 4.78 is 11.0. The highest BCUT2D eigenvalue weighted by Gasteiger charge is 2.59. The number of hydrogen-bond acceptors (Lipinski definition) is 4. The number of unbranched alkanes of at least 4 members (excludes halogenated alkanes) is 28. The van der Waals surface area contributed by atoms with Gasteiger partial charge in [-0.05, 0) is 37.5 Å². The highest BCUT2D eigenvalue weighted by Crippen LogP contribution is 2.48. The predicted octanol–water partition coefficient (Wildman–Crippen LogP) is 14.6. The van der Waals surface area contributed by atoms with Crippen molar-refractivity contribution >= 4 is 11.9 Å². The van der Waals surface area contributed by atoms with E-state index in [9.17, 15) is 9.59 Å². The van der Waals surface area contributed by atoms with Gasteiger partial charge in [-0.25, -0.2) is 0 Å².